The van der Waals surface area contributed by atoms with Crippen LogP contribution in [0.15, 0.2) is 41.3 Å². The Kier molecular flexibility index (Phi) is 4.34. The molecule has 2 aromatic rings. The van der Waals surface area contributed by atoms with Gasteiger partial charge in [0.1, 0.15) is 0 Å². The number of imidazole rings is 1. The van der Waals surface area contributed by atoms with Gasteiger partial charge in [-0.2, -0.15) is 0 Å². The van der Waals surface area contributed by atoms with Gasteiger partial charge in [-0.05, 0) is 26.1 Å². The van der Waals surface area contributed by atoms with Crippen molar-refractivity contribution < 1.29 is 0 Å². The highest BCUT2D eigenvalue weighted by Crippen LogP contribution is 2.27. The van der Waals surface area contributed by atoms with Gasteiger partial charge in [0.25, 0.3) is 0 Å². The van der Waals surface area contributed by atoms with E-state index >= 15 is 0 Å². The van der Waals surface area contributed by atoms with E-state index in [1.54, 1.807) is 0 Å². The molecule has 1 aromatic heterocycles. The Morgan fingerprint density at radius 3 is 2.94 bits per heavy atom. The van der Waals surface area contributed by atoms with Gasteiger partial charge in [0.15, 0.2) is 0 Å². The van der Waals surface area contributed by atoms with E-state index in [-0.39, 0.29) is 0 Å². The second-order valence-corrected chi connectivity index (χ2v) is 4.76. The van der Waals surface area contributed by atoms with Crippen LogP contribution in [0.25, 0.3) is 11.3 Å². The summed E-state index contributed by atoms with van der Waals surface area (Å²) in [5, 5.41) is 3.16. The number of aromatic nitrogens is 2. The zero-order valence-electron chi connectivity index (χ0n) is 9.86. The van der Waals surface area contributed by atoms with Gasteiger partial charge in [-0.1, -0.05) is 34.1 Å². The number of benzene rings is 1. The summed E-state index contributed by atoms with van der Waals surface area (Å²) < 4.78 is 3.30. The van der Waals surface area contributed by atoms with Gasteiger partial charge in [0, 0.05) is 16.6 Å². The number of hydrogen-bond acceptors (Lipinski definition) is 2. The maximum absolute atomic E-state index is 4.24. The third-order valence-corrected chi connectivity index (χ3v) is 3.38. The Morgan fingerprint density at radius 2 is 2.18 bits per heavy atom. The topological polar surface area (TPSA) is 29.9 Å². The van der Waals surface area contributed by atoms with E-state index in [0.717, 1.165) is 29.7 Å². The van der Waals surface area contributed by atoms with E-state index in [0.29, 0.717) is 0 Å². The summed E-state index contributed by atoms with van der Waals surface area (Å²) in [5.41, 5.74) is 2.35. The smallest absolute Gasteiger partial charge is 0.0950 e. The molecule has 0 spiro atoms. The summed E-state index contributed by atoms with van der Waals surface area (Å²) >= 11 is 3.58. The van der Waals surface area contributed by atoms with E-state index in [1.807, 2.05) is 31.7 Å². The molecule has 90 valence electrons. The Morgan fingerprint density at radius 1 is 1.35 bits per heavy atom. The number of nitrogens with zero attached hydrogens (tertiary/aromatic N) is 2. The molecule has 0 radical (unpaired) electrons. The van der Waals surface area contributed by atoms with Crippen LogP contribution in [0.3, 0.4) is 0 Å². The monoisotopic (exact) mass is 293 g/mol. The predicted molar refractivity (Wildman–Crippen MR) is 73.9 cm³/mol. The van der Waals surface area contributed by atoms with E-state index in [9.17, 15) is 0 Å². The minimum absolute atomic E-state index is 0.984. The molecule has 0 amide bonds. The molecular formula is C13H16BrN3. The number of halogens is 1. The van der Waals surface area contributed by atoms with Crippen molar-refractivity contribution in [3.05, 3.63) is 41.3 Å². The molecule has 0 aliphatic heterocycles. The van der Waals surface area contributed by atoms with Crippen LogP contribution >= 0.6 is 15.9 Å². The van der Waals surface area contributed by atoms with Gasteiger partial charge >= 0.3 is 0 Å². The Labute approximate surface area is 110 Å². The first-order valence-electron chi connectivity index (χ1n) is 5.72. The lowest BCUT2D eigenvalue weighted by atomic mass is 10.1. The van der Waals surface area contributed by atoms with Crippen LogP contribution < -0.4 is 5.32 Å². The molecular weight excluding hydrogens is 278 g/mol. The van der Waals surface area contributed by atoms with Crippen LogP contribution in [0.5, 0.6) is 0 Å². The van der Waals surface area contributed by atoms with Gasteiger partial charge in [0.2, 0.25) is 0 Å². The Bertz CT molecular complexity index is 479. The van der Waals surface area contributed by atoms with Crippen LogP contribution in [0.4, 0.5) is 0 Å². The summed E-state index contributed by atoms with van der Waals surface area (Å²) in [7, 11) is 1.97. The lowest BCUT2D eigenvalue weighted by molar-refractivity contribution is 0.616. The van der Waals surface area contributed by atoms with Crippen LogP contribution in [-0.4, -0.2) is 23.1 Å². The molecule has 0 atom stereocenters. The molecule has 2 rings (SSSR count). The third-order valence-electron chi connectivity index (χ3n) is 2.69. The van der Waals surface area contributed by atoms with Crippen LogP contribution in [0, 0.1) is 0 Å². The molecule has 4 heteroatoms. The standard InChI is InChI=1S/C13H16BrN3/c1-15-7-4-8-17-10-16-9-13(17)11-5-2-3-6-12(11)14/h2-3,5-6,9-10,15H,4,7-8H2,1H3. The van der Waals surface area contributed by atoms with Crippen molar-refractivity contribution in [2.45, 2.75) is 13.0 Å². The quantitative estimate of drug-likeness (QED) is 0.859. The largest absolute Gasteiger partial charge is 0.331 e. The maximum atomic E-state index is 4.24. The van der Waals surface area contributed by atoms with Crippen molar-refractivity contribution in [1.29, 1.82) is 0 Å². The minimum atomic E-state index is 0.984. The third kappa shape index (κ3) is 2.96. The van der Waals surface area contributed by atoms with Crippen LogP contribution in [-0.2, 0) is 6.54 Å². The van der Waals surface area contributed by atoms with Crippen LogP contribution in [0.2, 0.25) is 0 Å². The van der Waals surface area contributed by atoms with Crippen molar-refractivity contribution in [3.8, 4) is 11.3 Å². The van der Waals surface area contributed by atoms with Crippen molar-refractivity contribution in [1.82, 2.24) is 14.9 Å². The molecule has 0 aliphatic carbocycles. The molecule has 0 saturated heterocycles. The molecule has 0 fully saturated rings. The minimum Gasteiger partial charge on any atom is -0.331 e. The van der Waals surface area contributed by atoms with Gasteiger partial charge in [0.05, 0.1) is 18.2 Å². The first-order valence-corrected chi connectivity index (χ1v) is 6.52. The molecule has 0 aliphatic rings. The summed E-state index contributed by atoms with van der Waals surface area (Å²) in [6.07, 6.45) is 4.91. The molecule has 0 bridgehead atoms. The molecule has 1 aromatic carbocycles. The fraction of sp³-hybridized carbons (Fsp3) is 0.308. The molecule has 17 heavy (non-hydrogen) atoms. The highest BCUT2D eigenvalue weighted by molar-refractivity contribution is 9.10. The summed E-state index contributed by atoms with van der Waals surface area (Å²) in [6, 6.07) is 8.23. The molecule has 1 N–H and O–H groups in total. The van der Waals surface area contributed by atoms with Crippen molar-refractivity contribution in [3.63, 3.8) is 0 Å². The van der Waals surface area contributed by atoms with E-state index in [1.165, 1.54) is 5.56 Å². The van der Waals surface area contributed by atoms with E-state index in [4.69, 9.17) is 0 Å². The molecule has 0 saturated carbocycles. The SMILES string of the molecule is CNCCCn1cncc1-c1ccccc1Br. The summed E-state index contributed by atoms with van der Waals surface area (Å²) in [4.78, 5) is 4.24. The first kappa shape index (κ1) is 12.3. The number of hydrogen-bond donors (Lipinski definition) is 1. The average molecular weight is 294 g/mol. The van der Waals surface area contributed by atoms with Crippen molar-refractivity contribution in [2.75, 3.05) is 13.6 Å². The zero-order valence-corrected chi connectivity index (χ0v) is 11.4. The average Bonchev–Trinajstić information content (AvgIpc) is 2.78. The lowest BCUT2D eigenvalue weighted by Gasteiger charge is -2.09. The second kappa shape index (κ2) is 5.98. The highest BCUT2D eigenvalue weighted by Gasteiger charge is 2.07. The number of nitrogens with one attached hydrogen (secondary N) is 1. The number of aryl methyl sites for hydroxylation is 1. The Balaban J connectivity index is 2.22. The van der Waals surface area contributed by atoms with Crippen molar-refractivity contribution >= 4 is 15.9 Å². The van der Waals surface area contributed by atoms with Gasteiger partial charge in [-0.3, -0.25) is 0 Å². The summed E-state index contributed by atoms with van der Waals surface area (Å²) in [5.74, 6) is 0. The normalized spacial score (nSPS) is 10.7. The van der Waals surface area contributed by atoms with E-state index < -0.39 is 0 Å². The predicted octanol–water partition coefficient (Wildman–Crippen LogP) is 2.92. The molecule has 1 heterocycles. The van der Waals surface area contributed by atoms with E-state index in [2.05, 4.69) is 42.9 Å². The van der Waals surface area contributed by atoms with Crippen molar-refractivity contribution in [2.24, 2.45) is 0 Å². The summed E-state index contributed by atoms with van der Waals surface area (Å²) in [6.45, 7) is 2.01. The number of rotatable bonds is 5. The van der Waals surface area contributed by atoms with Gasteiger partial charge in [-0.25, -0.2) is 4.98 Å². The lowest BCUT2D eigenvalue weighted by Crippen LogP contribution is -2.11. The second-order valence-electron chi connectivity index (χ2n) is 3.91. The van der Waals surface area contributed by atoms with Crippen LogP contribution in [0.1, 0.15) is 6.42 Å². The Hall–Kier alpha value is -1.13. The molecule has 0 unspecified atom stereocenters. The fourth-order valence-electron chi connectivity index (χ4n) is 1.82. The van der Waals surface area contributed by atoms with Gasteiger partial charge < -0.3 is 9.88 Å². The fourth-order valence-corrected chi connectivity index (χ4v) is 2.31. The van der Waals surface area contributed by atoms with Gasteiger partial charge in [-0.15, -0.1) is 0 Å². The molecule has 3 nitrogen and oxygen atoms in total. The maximum Gasteiger partial charge on any atom is 0.0950 e. The first-order chi connectivity index (χ1) is 8.33. The highest BCUT2D eigenvalue weighted by atomic mass is 79.9. The zero-order chi connectivity index (χ0) is 12.1.